The van der Waals surface area contributed by atoms with Gasteiger partial charge in [-0.1, -0.05) is 48.0 Å². The Morgan fingerprint density at radius 2 is 1.89 bits per heavy atom. The number of aryl methyl sites for hydroxylation is 2. The van der Waals surface area contributed by atoms with Crippen LogP contribution in [0.2, 0.25) is 0 Å². The van der Waals surface area contributed by atoms with Crippen molar-refractivity contribution in [3.63, 3.8) is 0 Å². The number of hydrogen-bond donors (Lipinski definition) is 0. The Bertz CT molecular complexity index is 1180. The molecule has 0 N–H and O–H groups in total. The summed E-state index contributed by atoms with van der Waals surface area (Å²) in [6.45, 7) is 4.47. The first-order chi connectivity index (χ1) is 13.1. The van der Waals surface area contributed by atoms with Crippen LogP contribution in [-0.4, -0.2) is 16.7 Å². The van der Waals surface area contributed by atoms with Crippen LogP contribution in [0.25, 0.3) is 20.7 Å². The fourth-order valence-electron chi connectivity index (χ4n) is 3.35. The molecule has 0 aliphatic rings. The maximum atomic E-state index is 13.2. The Labute approximate surface area is 161 Å². The van der Waals surface area contributed by atoms with E-state index in [0.29, 0.717) is 11.9 Å². The van der Waals surface area contributed by atoms with E-state index in [2.05, 4.69) is 17.1 Å². The van der Waals surface area contributed by atoms with Gasteiger partial charge in [0.15, 0.2) is 0 Å². The highest BCUT2D eigenvalue weighted by atomic mass is 32.1. The number of nitrogens with zero attached hydrogens (tertiary/aromatic N) is 2. The number of thiophene rings is 1. The lowest BCUT2D eigenvalue weighted by molar-refractivity contribution is 0.408. The summed E-state index contributed by atoms with van der Waals surface area (Å²) < 4.78 is 7.11. The van der Waals surface area contributed by atoms with Crippen molar-refractivity contribution in [3.8, 4) is 16.2 Å². The van der Waals surface area contributed by atoms with Gasteiger partial charge in [-0.3, -0.25) is 9.36 Å². The molecule has 27 heavy (non-hydrogen) atoms. The number of hydrogen-bond acceptors (Lipinski definition) is 4. The van der Waals surface area contributed by atoms with E-state index in [1.54, 1.807) is 29.3 Å². The van der Waals surface area contributed by atoms with Crippen LogP contribution in [0.5, 0.6) is 5.75 Å². The minimum Gasteiger partial charge on any atom is -0.496 e. The first-order valence-electron chi connectivity index (χ1n) is 8.76. The summed E-state index contributed by atoms with van der Waals surface area (Å²) >= 11 is 1.57. The molecule has 0 saturated carbocycles. The van der Waals surface area contributed by atoms with Crippen LogP contribution in [0.4, 0.5) is 0 Å². The van der Waals surface area contributed by atoms with Gasteiger partial charge in [-0.05, 0) is 31.0 Å². The Morgan fingerprint density at radius 3 is 2.63 bits per heavy atom. The van der Waals surface area contributed by atoms with E-state index in [1.165, 1.54) is 0 Å². The minimum absolute atomic E-state index is 0.0144. The molecule has 0 spiro atoms. The zero-order chi connectivity index (χ0) is 19.0. The van der Waals surface area contributed by atoms with Gasteiger partial charge >= 0.3 is 0 Å². The lowest BCUT2D eigenvalue weighted by Gasteiger charge is -2.11. The van der Waals surface area contributed by atoms with Gasteiger partial charge in [-0.15, -0.1) is 11.3 Å². The van der Waals surface area contributed by atoms with Gasteiger partial charge in [-0.25, -0.2) is 4.98 Å². The zero-order valence-corrected chi connectivity index (χ0v) is 16.3. The predicted molar refractivity (Wildman–Crippen MR) is 111 cm³/mol. The number of methoxy groups -OCH3 is 1. The second-order valence-electron chi connectivity index (χ2n) is 6.60. The van der Waals surface area contributed by atoms with Crippen LogP contribution in [0, 0.1) is 13.8 Å². The summed E-state index contributed by atoms with van der Waals surface area (Å²) in [5.74, 6) is 0.777. The van der Waals surface area contributed by atoms with Crippen molar-refractivity contribution < 1.29 is 4.74 Å². The van der Waals surface area contributed by atoms with Crippen molar-refractivity contribution in [1.82, 2.24) is 9.55 Å². The standard InChI is InChI=1S/C22H20N2O2S/c1-14-9-10-18(26-3)17(11-14)12-24-13-23-21-19(22(24)25)15(2)20(27-21)16-7-5-4-6-8-16/h4-11,13H,12H2,1-3H3. The Kier molecular flexibility index (Phi) is 4.54. The molecule has 4 rings (SSSR count). The monoisotopic (exact) mass is 376 g/mol. The first kappa shape index (κ1) is 17.5. The third kappa shape index (κ3) is 3.15. The summed E-state index contributed by atoms with van der Waals surface area (Å²) in [6.07, 6.45) is 1.64. The number of ether oxygens (including phenoxy) is 1. The Hall–Kier alpha value is -2.92. The Morgan fingerprint density at radius 1 is 1.11 bits per heavy atom. The van der Waals surface area contributed by atoms with Gasteiger partial charge in [0.1, 0.15) is 10.6 Å². The van der Waals surface area contributed by atoms with E-state index in [9.17, 15) is 4.79 Å². The molecule has 0 amide bonds. The van der Waals surface area contributed by atoms with E-state index < -0.39 is 0 Å². The highest BCUT2D eigenvalue weighted by molar-refractivity contribution is 7.22. The molecule has 4 aromatic rings. The van der Waals surface area contributed by atoms with Crippen molar-refractivity contribution in [3.05, 3.63) is 81.9 Å². The molecule has 0 aliphatic heterocycles. The van der Waals surface area contributed by atoms with Gasteiger partial charge in [0.05, 0.1) is 25.4 Å². The molecule has 2 aromatic carbocycles. The molecule has 0 fully saturated rings. The zero-order valence-electron chi connectivity index (χ0n) is 15.5. The van der Waals surface area contributed by atoms with Crippen LogP contribution >= 0.6 is 11.3 Å². The van der Waals surface area contributed by atoms with E-state index in [4.69, 9.17) is 4.74 Å². The van der Waals surface area contributed by atoms with Crippen molar-refractivity contribution in [2.75, 3.05) is 7.11 Å². The minimum atomic E-state index is -0.0144. The molecule has 0 aliphatic carbocycles. The molecular weight excluding hydrogens is 356 g/mol. The van der Waals surface area contributed by atoms with Crippen molar-refractivity contribution >= 4 is 21.6 Å². The molecule has 136 valence electrons. The number of fused-ring (bicyclic) bond motifs is 1. The molecule has 0 unspecified atom stereocenters. The van der Waals surface area contributed by atoms with Crippen LogP contribution in [-0.2, 0) is 6.54 Å². The predicted octanol–water partition coefficient (Wildman–Crippen LogP) is 4.80. The maximum Gasteiger partial charge on any atom is 0.262 e. The summed E-state index contributed by atoms with van der Waals surface area (Å²) in [4.78, 5) is 19.6. The molecular formula is C22H20N2O2S. The van der Waals surface area contributed by atoms with Crippen molar-refractivity contribution in [2.24, 2.45) is 0 Å². The fraction of sp³-hybridized carbons (Fsp3) is 0.182. The fourth-order valence-corrected chi connectivity index (χ4v) is 4.50. The van der Waals surface area contributed by atoms with Crippen molar-refractivity contribution in [1.29, 1.82) is 0 Å². The summed E-state index contributed by atoms with van der Waals surface area (Å²) in [6, 6.07) is 16.1. The largest absolute Gasteiger partial charge is 0.496 e. The van der Waals surface area contributed by atoms with E-state index in [-0.39, 0.29) is 5.56 Å². The van der Waals surface area contributed by atoms with Crippen LogP contribution < -0.4 is 10.3 Å². The topological polar surface area (TPSA) is 44.1 Å². The SMILES string of the molecule is COc1ccc(C)cc1Cn1cnc2sc(-c3ccccc3)c(C)c2c1=O. The highest BCUT2D eigenvalue weighted by Gasteiger charge is 2.16. The average molecular weight is 376 g/mol. The lowest BCUT2D eigenvalue weighted by atomic mass is 10.1. The Balaban J connectivity index is 1.83. The molecule has 0 radical (unpaired) electrons. The lowest BCUT2D eigenvalue weighted by Crippen LogP contribution is -2.21. The first-order valence-corrected chi connectivity index (χ1v) is 9.57. The molecule has 2 aromatic heterocycles. The van der Waals surface area contributed by atoms with E-state index in [0.717, 1.165) is 37.7 Å². The van der Waals surface area contributed by atoms with Crippen molar-refractivity contribution in [2.45, 2.75) is 20.4 Å². The smallest absolute Gasteiger partial charge is 0.262 e. The maximum absolute atomic E-state index is 13.2. The number of aromatic nitrogens is 2. The second kappa shape index (κ2) is 7.00. The van der Waals surface area contributed by atoms with Gasteiger partial charge < -0.3 is 4.74 Å². The third-order valence-electron chi connectivity index (χ3n) is 4.73. The second-order valence-corrected chi connectivity index (χ2v) is 7.59. The third-order valence-corrected chi connectivity index (χ3v) is 5.98. The number of rotatable bonds is 4. The van der Waals surface area contributed by atoms with Gasteiger partial charge in [0, 0.05) is 10.4 Å². The molecule has 0 bridgehead atoms. The summed E-state index contributed by atoms with van der Waals surface area (Å²) in [5.41, 5.74) is 4.19. The molecule has 0 saturated heterocycles. The average Bonchev–Trinajstić information content (AvgIpc) is 3.02. The highest BCUT2D eigenvalue weighted by Crippen LogP contribution is 2.35. The van der Waals surface area contributed by atoms with E-state index in [1.807, 2.05) is 50.2 Å². The van der Waals surface area contributed by atoms with Gasteiger partial charge in [0.25, 0.3) is 5.56 Å². The van der Waals surface area contributed by atoms with E-state index >= 15 is 0 Å². The van der Waals surface area contributed by atoms with Gasteiger partial charge in [0.2, 0.25) is 0 Å². The van der Waals surface area contributed by atoms with Gasteiger partial charge in [-0.2, -0.15) is 0 Å². The summed E-state index contributed by atoms with van der Waals surface area (Å²) in [5, 5.41) is 0.702. The normalized spacial score (nSPS) is 11.1. The van der Waals surface area contributed by atoms with Crippen LogP contribution in [0.3, 0.4) is 0 Å². The van der Waals surface area contributed by atoms with Crippen LogP contribution in [0.15, 0.2) is 59.7 Å². The van der Waals surface area contributed by atoms with Crippen LogP contribution in [0.1, 0.15) is 16.7 Å². The molecule has 0 atom stereocenters. The molecule has 5 heteroatoms. The molecule has 2 heterocycles. The number of benzene rings is 2. The molecule has 4 nitrogen and oxygen atoms in total. The quantitative estimate of drug-likeness (QED) is 0.514. The summed E-state index contributed by atoms with van der Waals surface area (Å²) in [7, 11) is 1.65.